The summed E-state index contributed by atoms with van der Waals surface area (Å²) in [5.41, 5.74) is 11.5. The predicted molar refractivity (Wildman–Crippen MR) is 120 cm³/mol. The lowest BCUT2D eigenvalue weighted by atomic mass is 9.96. The zero-order chi connectivity index (χ0) is 25.1. The second-order valence-corrected chi connectivity index (χ2v) is 7.97. The van der Waals surface area contributed by atoms with E-state index in [0.717, 1.165) is 5.56 Å². The van der Waals surface area contributed by atoms with Crippen LogP contribution in [0.2, 0.25) is 0 Å². The second kappa shape index (κ2) is 13.2. The smallest absolute Gasteiger partial charge is 0.325 e. The molecule has 0 radical (unpaired) electrons. The molecule has 0 aromatic heterocycles. The van der Waals surface area contributed by atoms with E-state index in [2.05, 4.69) is 16.0 Å². The van der Waals surface area contributed by atoms with E-state index < -0.39 is 60.2 Å². The van der Waals surface area contributed by atoms with Crippen molar-refractivity contribution in [2.45, 2.75) is 64.2 Å². The number of aliphatic carboxylic acids is 1. The summed E-state index contributed by atoms with van der Waals surface area (Å²) in [4.78, 5) is 60.4. The molecule has 5 atom stereocenters. The Morgan fingerprint density at radius 3 is 2.06 bits per heavy atom. The highest BCUT2D eigenvalue weighted by atomic mass is 16.4. The van der Waals surface area contributed by atoms with Gasteiger partial charge in [0, 0.05) is 6.42 Å². The molecule has 1 rings (SSSR count). The van der Waals surface area contributed by atoms with Gasteiger partial charge in [-0.05, 0) is 18.4 Å². The largest absolute Gasteiger partial charge is 0.480 e. The number of carbonyl (C=O) groups is 5. The molecule has 1 aromatic rings. The molecule has 1 aromatic carbocycles. The molecular weight excluding hydrogens is 430 g/mol. The minimum absolute atomic E-state index is 0.0993. The van der Waals surface area contributed by atoms with Crippen LogP contribution in [-0.4, -0.2) is 58.9 Å². The molecule has 33 heavy (non-hydrogen) atoms. The first-order chi connectivity index (χ1) is 15.5. The van der Waals surface area contributed by atoms with Gasteiger partial charge in [0.25, 0.3) is 0 Å². The van der Waals surface area contributed by atoms with Crippen LogP contribution >= 0.6 is 0 Å². The van der Waals surface area contributed by atoms with Gasteiger partial charge in [-0.15, -0.1) is 0 Å². The summed E-state index contributed by atoms with van der Waals surface area (Å²) < 4.78 is 0. The normalized spacial score (nSPS) is 15.3. The van der Waals surface area contributed by atoms with Crippen LogP contribution in [0.1, 0.15) is 39.2 Å². The number of carboxylic acid groups (broad SMARTS) is 1. The summed E-state index contributed by atoms with van der Waals surface area (Å²) in [7, 11) is 0. The van der Waals surface area contributed by atoms with Crippen molar-refractivity contribution < 1.29 is 29.1 Å². The van der Waals surface area contributed by atoms with Crippen molar-refractivity contribution in [3.8, 4) is 0 Å². The number of carbonyl (C=O) groups excluding carboxylic acids is 4. The van der Waals surface area contributed by atoms with Gasteiger partial charge in [0.05, 0.1) is 12.5 Å². The third kappa shape index (κ3) is 9.27. The monoisotopic (exact) mass is 463 g/mol. The topological polar surface area (TPSA) is 194 Å². The van der Waals surface area contributed by atoms with Gasteiger partial charge in [0.1, 0.15) is 18.1 Å². The van der Waals surface area contributed by atoms with Crippen LogP contribution in [0.5, 0.6) is 0 Å². The Bertz CT molecular complexity index is 847. The number of hydrogen-bond acceptors (Lipinski definition) is 6. The van der Waals surface area contributed by atoms with Gasteiger partial charge in [0.15, 0.2) is 0 Å². The minimum Gasteiger partial charge on any atom is -0.480 e. The molecule has 8 N–H and O–H groups in total. The number of primary amides is 1. The molecule has 0 heterocycles. The third-order valence-corrected chi connectivity index (χ3v) is 5.20. The Kier molecular flexibility index (Phi) is 11.0. The molecule has 0 aliphatic heterocycles. The standard InChI is InChI=1S/C22H33N5O6/c1-4-12(2)18(21(31)25-13(3)22(32)33)27-20(30)16(10-14-8-6-5-7-9-14)26-19(29)15(23)11-17(24)28/h5-9,12-13,15-16,18H,4,10-11,23H2,1-3H3,(H2,24,28)(H,25,31)(H,26,29)(H,27,30)(H,32,33). The Hall–Kier alpha value is -3.47. The maximum absolute atomic E-state index is 13.1. The first-order valence-corrected chi connectivity index (χ1v) is 10.7. The average molecular weight is 464 g/mol. The van der Waals surface area contributed by atoms with Crippen molar-refractivity contribution in [1.29, 1.82) is 0 Å². The maximum atomic E-state index is 13.1. The van der Waals surface area contributed by atoms with Crippen molar-refractivity contribution in [1.82, 2.24) is 16.0 Å². The number of hydrogen-bond donors (Lipinski definition) is 6. The Balaban J connectivity index is 3.08. The number of benzene rings is 1. The Labute approximate surface area is 192 Å². The van der Waals surface area contributed by atoms with Crippen molar-refractivity contribution in [2.75, 3.05) is 0 Å². The molecule has 0 spiro atoms. The van der Waals surface area contributed by atoms with Crippen LogP contribution in [0.25, 0.3) is 0 Å². The maximum Gasteiger partial charge on any atom is 0.325 e. The number of rotatable bonds is 13. The first-order valence-electron chi connectivity index (χ1n) is 10.7. The highest BCUT2D eigenvalue weighted by molar-refractivity contribution is 5.95. The van der Waals surface area contributed by atoms with Crippen LogP contribution in [0.4, 0.5) is 0 Å². The lowest BCUT2D eigenvalue weighted by Crippen LogP contribution is -2.59. The zero-order valence-electron chi connectivity index (χ0n) is 19.0. The molecule has 0 fully saturated rings. The Morgan fingerprint density at radius 1 is 0.939 bits per heavy atom. The van der Waals surface area contributed by atoms with Gasteiger partial charge < -0.3 is 32.5 Å². The number of carboxylic acids is 1. The van der Waals surface area contributed by atoms with Crippen molar-refractivity contribution in [3.63, 3.8) is 0 Å². The lowest BCUT2D eigenvalue weighted by molar-refractivity contribution is -0.142. The van der Waals surface area contributed by atoms with E-state index in [1.807, 2.05) is 6.92 Å². The molecular formula is C22H33N5O6. The van der Waals surface area contributed by atoms with E-state index >= 15 is 0 Å². The van der Waals surface area contributed by atoms with Crippen LogP contribution in [0, 0.1) is 5.92 Å². The van der Waals surface area contributed by atoms with E-state index in [-0.39, 0.29) is 12.3 Å². The van der Waals surface area contributed by atoms with E-state index in [0.29, 0.717) is 6.42 Å². The molecule has 0 aliphatic rings. The highest BCUT2D eigenvalue weighted by Crippen LogP contribution is 2.10. The van der Waals surface area contributed by atoms with Crippen LogP contribution in [0.3, 0.4) is 0 Å². The van der Waals surface area contributed by atoms with Crippen molar-refractivity contribution >= 4 is 29.6 Å². The molecule has 5 unspecified atom stereocenters. The van der Waals surface area contributed by atoms with Crippen LogP contribution < -0.4 is 27.4 Å². The lowest BCUT2D eigenvalue weighted by Gasteiger charge is -2.27. The molecule has 4 amide bonds. The second-order valence-electron chi connectivity index (χ2n) is 7.97. The fourth-order valence-corrected chi connectivity index (χ4v) is 2.97. The first kappa shape index (κ1) is 27.6. The van der Waals surface area contributed by atoms with E-state index in [1.54, 1.807) is 37.3 Å². The van der Waals surface area contributed by atoms with Gasteiger partial charge in [-0.3, -0.25) is 24.0 Å². The zero-order valence-corrected chi connectivity index (χ0v) is 19.0. The molecule has 0 saturated carbocycles. The summed E-state index contributed by atoms with van der Waals surface area (Å²) in [6.45, 7) is 4.88. The fraction of sp³-hybridized carbons (Fsp3) is 0.500. The Morgan fingerprint density at radius 2 is 1.55 bits per heavy atom. The fourth-order valence-electron chi connectivity index (χ4n) is 2.97. The SMILES string of the molecule is CCC(C)C(NC(=O)C(Cc1ccccc1)NC(=O)C(N)CC(N)=O)C(=O)NC(C)C(=O)O. The van der Waals surface area contributed by atoms with Gasteiger partial charge in [-0.2, -0.15) is 0 Å². The molecule has 11 heteroatoms. The molecule has 0 bridgehead atoms. The summed E-state index contributed by atoms with van der Waals surface area (Å²) in [5, 5.41) is 16.6. The van der Waals surface area contributed by atoms with Gasteiger partial charge in [0.2, 0.25) is 23.6 Å². The highest BCUT2D eigenvalue weighted by Gasteiger charge is 2.32. The summed E-state index contributed by atoms with van der Waals surface area (Å²) in [5.74, 6) is -4.34. The average Bonchev–Trinajstić information content (AvgIpc) is 2.76. The molecule has 11 nitrogen and oxygen atoms in total. The quantitative estimate of drug-likeness (QED) is 0.217. The van der Waals surface area contributed by atoms with Crippen LogP contribution in [-0.2, 0) is 30.4 Å². The molecule has 182 valence electrons. The molecule has 0 saturated heterocycles. The number of nitrogens with two attached hydrogens (primary N) is 2. The summed E-state index contributed by atoms with van der Waals surface area (Å²) in [6, 6.07) is 4.36. The summed E-state index contributed by atoms with van der Waals surface area (Å²) >= 11 is 0. The summed E-state index contributed by atoms with van der Waals surface area (Å²) in [6.07, 6.45) is 0.234. The number of nitrogens with one attached hydrogen (secondary N) is 3. The third-order valence-electron chi connectivity index (χ3n) is 5.20. The van der Waals surface area contributed by atoms with E-state index in [9.17, 15) is 24.0 Å². The molecule has 0 aliphatic carbocycles. The van der Waals surface area contributed by atoms with E-state index in [1.165, 1.54) is 6.92 Å². The minimum atomic E-state index is -1.24. The van der Waals surface area contributed by atoms with Gasteiger partial charge >= 0.3 is 5.97 Å². The van der Waals surface area contributed by atoms with Crippen LogP contribution in [0.15, 0.2) is 30.3 Å². The van der Waals surface area contributed by atoms with Crippen molar-refractivity contribution in [3.05, 3.63) is 35.9 Å². The number of amides is 4. The van der Waals surface area contributed by atoms with Crippen molar-refractivity contribution in [2.24, 2.45) is 17.4 Å². The van der Waals surface area contributed by atoms with Gasteiger partial charge in [-0.1, -0.05) is 50.6 Å². The van der Waals surface area contributed by atoms with Gasteiger partial charge in [-0.25, -0.2) is 0 Å². The predicted octanol–water partition coefficient (Wildman–Crippen LogP) is -0.963. The van der Waals surface area contributed by atoms with E-state index in [4.69, 9.17) is 16.6 Å².